The fraction of sp³-hybridized carbons (Fsp3) is 0.440. The lowest BCUT2D eigenvalue weighted by molar-refractivity contribution is -0.113. The van der Waals surface area contributed by atoms with Crippen LogP contribution in [0.15, 0.2) is 11.2 Å². The summed E-state index contributed by atoms with van der Waals surface area (Å²) in [5.74, 6) is -0.734. The molecule has 1 aliphatic rings. The summed E-state index contributed by atoms with van der Waals surface area (Å²) >= 11 is 6.43. The lowest BCUT2D eigenvalue weighted by Gasteiger charge is -2.20. The number of rotatable bonds is 11. The Balaban J connectivity index is 1.93. The Morgan fingerprint density at radius 2 is 2.08 bits per heavy atom. The van der Waals surface area contributed by atoms with Crippen molar-refractivity contribution in [1.29, 1.82) is 5.41 Å². The van der Waals surface area contributed by atoms with Crippen LogP contribution in [0.1, 0.15) is 48.0 Å². The number of halogens is 1. The highest BCUT2D eigenvalue weighted by atomic mass is 35.5. The van der Waals surface area contributed by atoms with Crippen molar-refractivity contribution in [3.8, 4) is 0 Å². The van der Waals surface area contributed by atoms with E-state index in [1.807, 2.05) is 6.92 Å². The lowest BCUT2D eigenvalue weighted by Crippen LogP contribution is -2.35. The van der Waals surface area contributed by atoms with Gasteiger partial charge in [0.2, 0.25) is 5.95 Å². The van der Waals surface area contributed by atoms with Crippen molar-refractivity contribution in [3.63, 3.8) is 0 Å². The van der Waals surface area contributed by atoms with E-state index in [0.29, 0.717) is 34.6 Å². The zero-order chi connectivity index (χ0) is 27.3. The molecule has 0 bridgehead atoms. The van der Waals surface area contributed by atoms with E-state index in [1.54, 1.807) is 26.2 Å². The van der Waals surface area contributed by atoms with Gasteiger partial charge in [-0.1, -0.05) is 25.4 Å². The molecule has 2 aromatic heterocycles. The molecule has 3 rings (SSSR count). The van der Waals surface area contributed by atoms with E-state index in [2.05, 4.69) is 44.0 Å². The van der Waals surface area contributed by atoms with E-state index < -0.39 is 5.92 Å². The molecular weight excluding hydrogens is 494 g/mol. The molecule has 0 spiro atoms. The van der Waals surface area contributed by atoms with Crippen LogP contribution in [0.2, 0.25) is 5.15 Å². The van der Waals surface area contributed by atoms with E-state index in [0.717, 1.165) is 19.6 Å². The third kappa shape index (κ3) is 5.89. The van der Waals surface area contributed by atoms with Crippen LogP contribution in [-0.4, -0.2) is 83.4 Å². The number of nitrogens with zero attached hydrogens (tertiary/aromatic N) is 5. The Bertz CT molecular complexity index is 1250. The van der Waals surface area contributed by atoms with Crippen molar-refractivity contribution in [2.75, 3.05) is 50.4 Å². The molecule has 11 nitrogen and oxygen atoms in total. The van der Waals surface area contributed by atoms with Crippen LogP contribution in [0.25, 0.3) is 11.6 Å². The molecule has 37 heavy (non-hydrogen) atoms. The molecular formula is C25H34ClN9O2. The number of aromatic nitrogens is 3. The first-order chi connectivity index (χ1) is 17.7. The normalized spacial score (nSPS) is 15.4. The topological polar surface area (TPSA) is 156 Å². The Hall–Kier alpha value is -3.57. The molecule has 3 heterocycles. The highest BCUT2D eigenvalue weighted by Gasteiger charge is 2.38. The SMILES string of the molecule is CCN(CC)CCNC(=O)c1c[nH]c(C=C2C(=O)N(CC(C=N)C(C)=NC)c3nc(N)nc(Cl)c32)c1C. The number of carbonyl (C=O) groups excluding carboxylic acids is 2. The third-order valence-electron chi connectivity index (χ3n) is 6.65. The quantitative estimate of drug-likeness (QED) is 0.200. The number of aromatic amines is 1. The minimum atomic E-state index is -0.407. The van der Waals surface area contributed by atoms with Gasteiger partial charge in [0.15, 0.2) is 5.82 Å². The molecule has 2 aromatic rings. The number of hydrogen-bond donors (Lipinski definition) is 4. The predicted octanol–water partition coefficient (Wildman–Crippen LogP) is 2.66. The summed E-state index contributed by atoms with van der Waals surface area (Å²) in [5.41, 5.74) is 8.94. The molecule has 2 amide bonds. The summed E-state index contributed by atoms with van der Waals surface area (Å²) in [6, 6.07) is 0. The molecule has 198 valence electrons. The number of carbonyl (C=O) groups is 2. The first kappa shape index (κ1) is 28.0. The summed E-state index contributed by atoms with van der Waals surface area (Å²) in [4.78, 5) is 45.6. The molecule has 0 fully saturated rings. The van der Waals surface area contributed by atoms with Gasteiger partial charge in [0.05, 0.1) is 16.7 Å². The van der Waals surface area contributed by atoms with E-state index in [9.17, 15) is 9.59 Å². The maximum Gasteiger partial charge on any atom is 0.260 e. The minimum absolute atomic E-state index is 0.0514. The van der Waals surface area contributed by atoms with Crippen LogP contribution in [0.4, 0.5) is 11.8 Å². The molecule has 1 atom stereocenters. The highest BCUT2D eigenvalue weighted by molar-refractivity contribution is 6.41. The fourth-order valence-electron chi connectivity index (χ4n) is 4.19. The number of likely N-dealkylation sites (N-methyl/N-ethyl adjacent to an activating group) is 1. The van der Waals surface area contributed by atoms with E-state index in [4.69, 9.17) is 22.7 Å². The Kier molecular flexibility index (Phi) is 9.17. The Morgan fingerprint density at radius 1 is 1.38 bits per heavy atom. The Labute approximate surface area is 221 Å². The van der Waals surface area contributed by atoms with Gasteiger partial charge in [0, 0.05) is 56.4 Å². The summed E-state index contributed by atoms with van der Waals surface area (Å²) in [6.07, 6.45) is 4.51. The second-order valence-electron chi connectivity index (χ2n) is 8.71. The van der Waals surface area contributed by atoms with Crippen LogP contribution in [0, 0.1) is 18.3 Å². The van der Waals surface area contributed by atoms with Gasteiger partial charge in [-0.15, -0.1) is 0 Å². The molecule has 12 heteroatoms. The maximum atomic E-state index is 13.6. The number of H-pyrrole nitrogens is 1. The fourth-order valence-corrected chi connectivity index (χ4v) is 4.46. The van der Waals surface area contributed by atoms with Crippen LogP contribution >= 0.6 is 11.6 Å². The van der Waals surface area contributed by atoms with Crippen LogP contribution in [0.5, 0.6) is 0 Å². The largest absolute Gasteiger partial charge is 0.368 e. The smallest absolute Gasteiger partial charge is 0.260 e. The number of amides is 2. The van der Waals surface area contributed by atoms with E-state index in [1.165, 1.54) is 11.1 Å². The van der Waals surface area contributed by atoms with Gasteiger partial charge < -0.3 is 26.3 Å². The zero-order valence-electron chi connectivity index (χ0n) is 21.9. The van der Waals surface area contributed by atoms with Gasteiger partial charge >= 0.3 is 0 Å². The highest BCUT2D eigenvalue weighted by Crippen LogP contribution is 2.41. The average molecular weight is 528 g/mol. The minimum Gasteiger partial charge on any atom is -0.368 e. The summed E-state index contributed by atoms with van der Waals surface area (Å²) in [5, 5.41) is 10.8. The lowest BCUT2D eigenvalue weighted by atomic mass is 10.1. The van der Waals surface area contributed by atoms with Gasteiger partial charge in [-0.2, -0.15) is 4.98 Å². The molecule has 0 saturated heterocycles. The zero-order valence-corrected chi connectivity index (χ0v) is 22.6. The number of fused-ring (bicyclic) bond motifs is 1. The molecule has 0 aliphatic carbocycles. The molecule has 0 radical (unpaired) electrons. The first-order valence-electron chi connectivity index (χ1n) is 12.2. The second kappa shape index (κ2) is 12.1. The van der Waals surface area contributed by atoms with Gasteiger partial charge in [0.1, 0.15) is 5.15 Å². The van der Waals surface area contributed by atoms with Crippen LogP contribution in [0.3, 0.4) is 0 Å². The maximum absolute atomic E-state index is 13.6. The number of hydrogen-bond acceptors (Lipinski definition) is 8. The van der Waals surface area contributed by atoms with Gasteiger partial charge in [0.25, 0.3) is 11.8 Å². The molecule has 0 aromatic carbocycles. The molecule has 0 saturated carbocycles. The first-order valence-corrected chi connectivity index (χ1v) is 12.5. The third-order valence-corrected chi connectivity index (χ3v) is 6.93. The van der Waals surface area contributed by atoms with Crippen LogP contribution in [-0.2, 0) is 4.79 Å². The summed E-state index contributed by atoms with van der Waals surface area (Å²) in [6.45, 7) is 11.1. The van der Waals surface area contributed by atoms with Gasteiger partial charge in [-0.25, -0.2) is 4.98 Å². The van der Waals surface area contributed by atoms with Crippen LogP contribution < -0.4 is 16.0 Å². The van der Waals surface area contributed by atoms with Crippen molar-refractivity contribution in [2.24, 2.45) is 10.9 Å². The van der Waals surface area contributed by atoms with E-state index in [-0.39, 0.29) is 40.9 Å². The molecule has 1 aliphatic heterocycles. The van der Waals surface area contributed by atoms with Crippen molar-refractivity contribution >= 4 is 58.8 Å². The average Bonchev–Trinajstić information content (AvgIpc) is 3.36. The van der Waals surface area contributed by atoms with Crippen molar-refractivity contribution < 1.29 is 9.59 Å². The monoisotopic (exact) mass is 527 g/mol. The molecule has 1 unspecified atom stereocenters. The number of nitrogen functional groups attached to an aromatic ring is 1. The molecule has 5 N–H and O–H groups in total. The number of aliphatic imine (C=N–C) groups is 1. The standard InChI is InChI=1S/C25H34ClN9O2/c1-6-34(7-2)9-8-30-23(36)18-12-31-19(14(18)3)10-17-20-21(26)32-25(28)33-22(20)35(24(17)37)13-16(11-27)15(4)29-5/h10-12,16,27,31H,6-9,13H2,1-5H3,(H,30,36)(H2,28,32,33). The van der Waals surface area contributed by atoms with Gasteiger partial charge in [-0.3, -0.25) is 19.5 Å². The summed E-state index contributed by atoms with van der Waals surface area (Å²) in [7, 11) is 1.64. The van der Waals surface area contributed by atoms with Crippen molar-refractivity contribution in [3.05, 3.63) is 33.7 Å². The van der Waals surface area contributed by atoms with E-state index >= 15 is 0 Å². The second-order valence-corrected chi connectivity index (χ2v) is 9.06. The number of nitrogens with one attached hydrogen (secondary N) is 3. The summed E-state index contributed by atoms with van der Waals surface area (Å²) < 4.78 is 0. The van der Waals surface area contributed by atoms with Crippen molar-refractivity contribution in [1.82, 2.24) is 25.2 Å². The Morgan fingerprint density at radius 3 is 2.70 bits per heavy atom. The number of anilines is 2. The van der Waals surface area contributed by atoms with Crippen molar-refractivity contribution in [2.45, 2.75) is 27.7 Å². The number of nitrogens with two attached hydrogens (primary N) is 1. The van der Waals surface area contributed by atoms with Gasteiger partial charge in [-0.05, 0) is 38.6 Å². The predicted molar refractivity (Wildman–Crippen MR) is 149 cm³/mol.